The van der Waals surface area contributed by atoms with Crippen molar-refractivity contribution in [2.75, 3.05) is 0 Å². The van der Waals surface area contributed by atoms with Crippen LogP contribution in [0.5, 0.6) is 0 Å². The fraction of sp³-hybridized carbons (Fsp3) is 0.429. The van der Waals surface area contributed by atoms with Gasteiger partial charge in [-0.1, -0.05) is 44.2 Å². The van der Waals surface area contributed by atoms with E-state index >= 15 is 0 Å². The Kier molecular flexibility index (Phi) is 5.19. The summed E-state index contributed by atoms with van der Waals surface area (Å²) in [4.78, 5) is 29.0. The van der Waals surface area contributed by atoms with Crippen LogP contribution < -0.4 is 0 Å². The summed E-state index contributed by atoms with van der Waals surface area (Å²) in [6.45, 7) is 3.83. The summed E-state index contributed by atoms with van der Waals surface area (Å²) in [5.74, 6) is 0. The second-order valence-electron chi connectivity index (χ2n) is 4.05. The first-order valence-corrected chi connectivity index (χ1v) is 5.95. The van der Waals surface area contributed by atoms with E-state index in [1.54, 1.807) is 12.2 Å². The van der Waals surface area contributed by atoms with Crippen LogP contribution in [0.2, 0.25) is 0 Å². The topological polar surface area (TPSA) is 58.9 Å². The van der Waals surface area contributed by atoms with Gasteiger partial charge < -0.3 is 0 Å². The molecule has 0 spiro atoms. The van der Waals surface area contributed by atoms with Crippen LogP contribution in [-0.2, 0) is 9.59 Å². The smallest absolute Gasteiger partial charge is 0.211 e. The maximum absolute atomic E-state index is 10.6. The zero-order chi connectivity index (χ0) is 13.4. The molecule has 1 rings (SSSR count). The van der Waals surface area contributed by atoms with Crippen molar-refractivity contribution in [3.05, 3.63) is 35.9 Å². The average molecular weight is 244 g/mol. The van der Waals surface area contributed by atoms with Crippen LogP contribution in [-0.4, -0.2) is 17.7 Å². The SMILES string of the molecule is CCC(CC)(N=C=O)C(N=C=O)c1ccccc1. The average Bonchev–Trinajstić information content (AvgIpc) is 2.44. The van der Waals surface area contributed by atoms with Crippen molar-refractivity contribution in [2.45, 2.75) is 38.3 Å². The Morgan fingerprint density at radius 2 is 1.72 bits per heavy atom. The molecule has 0 aliphatic heterocycles. The summed E-state index contributed by atoms with van der Waals surface area (Å²) in [5.41, 5.74) is 0.129. The molecule has 1 atom stereocenters. The predicted molar refractivity (Wildman–Crippen MR) is 68.7 cm³/mol. The van der Waals surface area contributed by atoms with Gasteiger partial charge in [-0.15, -0.1) is 0 Å². The van der Waals surface area contributed by atoms with Crippen molar-refractivity contribution in [1.29, 1.82) is 0 Å². The molecule has 0 heterocycles. The first-order chi connectivity index (χ1) is 8.74. The van der Waals surface area contributed by atoms with E-state index in [4.69, 9.17) is 0 Å². The second kappa shape index (κ2) is 6.65. The summed E-state index contributed by atoms with van der Waals surface area (Å²) in [6, 6.07) is 8.85. The van der Waals surface area contributed by atoms with Crippen LogP contribution in [0, 0.1) is 0 Å². The molecule has 0 aliphatic carbocycles. The van der Waals surface area contributed by atoms with Gasteiger partial charge in [-0.25, -0.2) is 9.59 Å². The van der Waals surface area contributed by atoms with Crippen LogP contribution in [0.15, 0.2) is 40.3 Å². The van der Waals surface area contributed by atoms with E-state index in [2.05, 4.69) is 9.98 Å². The molecular formula is C14H16N2O2. The molecule has 0 N–H and O–H groups in total. The Morgan fingerprint density at radius 3 is 2.17 bits per heavy atom. The molecule has 0 aromatic heterocycles. The van der Waals surface area contributed by atoms with Gasteiger partial charge in [-0.05, 0) is 18.4 Å². The van der Waals surface area contributed by atoms with Crippen LogP contribution in [0.3, 0.4) is 0 Å². The summed E-state index contributed by atoms with van der Waals surface area (Å²) in [7, 11) is 0. The number of carbonyl (C=O) groups excluding carboxylic acids is 2. The highest BCUT2D eigenvalue weighted by Crippen LogP contribution is 2.37. The van der Waals surface area contributed by atoms with Crippen LogP contribution in [0.25, 0.3) is 0 Å². The number of aliphatic imine (C=N–C) groups is 2. The minimum atomic E-state index is -0.722. The third-order valence-corrected chi connectivity index (χ3v) is 3.30. The summed E-state index contributed by atoms with van der Waals surface area (Å²) >= 11 is 0. The molecule has 18 heavy (non-hydrogen) atoms. The molecule has 0 fully saturated rings. The Hall–Kier alpha value is -2.02. The monoisotopic (exact) mass is 244 g/mol. The van der Waals surface area contributed by atoms with Crippen molar-refractivity contribution in [2.24, 2.45) is 9.98 Å². The Bertz CT molecular complexity index is 468. The highest BCUT2D eigenvalue weighted by molar-refractivity contribution is 5.40. The van der Waals surface area contributed by atoms with E-state index in [0.29, 0.717) is 12.8 Å². The van der Waals surface area contributed by atoms with Gasteiger partial charge in [0.25, 0.3) is 0 Å². The van der Waals surface area contributed by atoms with Gasteiger partial charge in [0.1, 0.15) is 11.6 Å². The summed E-state index contributed by atoms with van der Waals surface area (Å²) in [6.07, 6.45) is 4.39. The predicted octanol–water partition coefficient (Wildman–Crippen LogP) is 2.96. The number of rotatable bonds is 6. The standard InChI is InChI=1S/C14H16N2O2/c1-3-14(4-2,16-11-18)13(15-10-17)12-8-6-5-7-9-12/h5-9,13H,3-4H2,1-2H3. The lowest BCUT2D eigenvalue weighted by atomic mass is 9.81. The van der Waals surface area contributed by atoms with Crippen LogP contribution >= 0.6 is 0 Å². The number of nitrogens with zero attached hydrogens (tertiary/aromatic N) is 2. The molecule has 1 aromatic carbocycles. The Labute approximate surface area is 106 Å². The number of isocyanates is 2. The molecule has 0 saturated heterocycles. The molecule has 1 unspecified atom stereocenters. The lowest BCUT2D eigenvalue weighted by Gasteiger charge is -2.31. The molecule has 4 nitrogen and oxygen atoms in total. The summed E-state index contributed by atoms with van der Waals surface area (Å²) in [5, 5.41) is 0. The molecule has 0 saturated carbocycles. The van der Waals surface area contributed by atoms with Gasteiger partial charge in [-0.3, -0.25) is 0 Å². The second-order valence-corrected chi connectivity index (χ2v) is 4.05. The van der Waals surface area contributed by atoms with Gasteiger partial charge in [0, 0.05) is 0 Å². The van der Waals surface area contributed by atoms with E-state index in [9.17, 15) is 9.59 Å². The molecule has 0 amide bonds. The quantitative estimate of drug-likeness (QED) is 0.570. The van der Waals surface area contributed by atoms with Crippen molar-refractivity contribution in [3.63, 3.8) is 0 Å². The molecule has 0 bridgehead atoms. The van der Waals surface area contributed by atoms with Gasteiger partial charge in [0.15, 0.2) is 0 Å². The van der Waals surface area contributed by atoms with Crippen LogP contribution in [0.4, 0.5) is 0 Å². The summed E-state index contributed by atoms with van der Waals surface area (Å²) < 4.78 is 0. The molecule has 0 aliphatic rings. The lowest BCUT2D eigenvalue weighted by molar-refractivity contribution is 0.327. The van der Waals surface area contributed by atoms with Crippen molar-refractivity contribution >= 4 is 12.2 Å². The van der Waals surface area contributed by atoms with Crippen molar-refractivity contribution in [3.8, 4) is 0 Å². The zero-order valence-electron chi connectivity index (χ0n) is 10.6. The third kappa shape index (κ3) is 2.80. The normalized spacial score (nSPS) is 12.1. The van der Waals surface area contributed by atoms with E-state index in [1.807, 2.05) is 44.2 Å². The maximum atomic E-state index is 10.6. The fourth-order valence-corrected chi connectivity index (χ4v) is 2.14. The van der Waals surface area contributed by atoms with E-state index in [0.717, 1.165) is 5.56 Å². The zero-order valence-corrected chi connectivity index (χ0v) is 10.6. The van der Waals surface area contributed by atoms with Crippen LogP contribution in [0.1, 0.15) is 38.3 Å². The third-order valence-electron chi connectivity index (χ3n) is 3.30. The maximum Gasteiger partial charge on any atom is 0.235 e. The molecule has 4 heteroatoms. The van der Waals surface area contributed by atoms with E-state index in [-0.39, 0.29) is 0 Å². The highest BCUT2D eigenvalue weighted by atomic mass is 16.1. The van der Waals surface area contributed by atoms with E-state index in [1.165, 1.54) is 0 Å². The molecular weight excluding hydrogens is 228 g/mol. The number of hydrogen-bond donors (Lipinski definition) is 0. The Morgan fingerprint density at radius 1 is 1.11 bits per heavy atom. The molecule has 0 radical (unpaired) electrons. The molecule has 94 valence electrons. The highest BCUT2D eigenvalue weighted by Gasteiger charge is 2.37. The van der Waals surface area contributed by atoms with Crippen molar-refractivity contribution < 1.29 is 9.59 Å². The first kappa shape index (κ1) is 14.0. The largest absolute Gasteiger partial charge is 0.235 e. The lowest BCUT2D eigenvalue weighted by Crippen LogP contribution is -2.32. The molecule has 1 aromatic rings. The van der Waals surface area contributed by atoms with Crippen molar-refractivity contribution in [1.82, 2.24) is 0 Å². The number of hydrogen-bond acceptors (Lipinski definition) is 4. The van der Waals surface area contributed by atoms with E-state index < -0.39 is 11.6 Å². The fourth-order valence-electron chi connectivity index (χ4n) is 2.14. The first-order valence-electron chi connectivity index (χ1n) is 5.95. The van der Waals surface area contributed by atoms with Gasteiger partial charge in [-0.2, -0.15) is 9.98 Å². The minimum absolute atomic E-state index is 0.493. The minimum Gasteiger partial charge on any atom is -0.211 e. The van der Waals surface area contributed by atoms with Gasteiger partial charge in [0.2, 0.25) is 12.2 Å². The number of benzene rings is 1. The van der Waals surface area contributed by atoms with Gasteiger partial charge in [0.05, 0.1) is 0 Å². The van der Waals surface area contributed by atoms with Gasteiger partial charge >= 0.3 is 0 Å². The Balaban J connectivity index is 3.34.